The second-order valence-corrected chi connectivity index (χ2v) is 8.03. The average Bonchev–Trinajstić information content (AvgIpc) is 3.17. The van der Waals surface area contributed by atoms with Crippen molar-refractivity contribution in [2.75, 3.05) is 17.6 Å². The van der Waals surface area contributed by atoms with E-state index in [4.69, 9.17) is 0 Å². The summed E-state index contributed by atoms with van der Waals surface area (Å²) >= 11 is 3.43. The van der Waals surface area contributed by atoms with Crippen molar-refractivity contribution in [1.29, 1.82) is 0 Å². The fourth-order valence-corrected chi connectivity index (χ4v) is 4.14. The standard InChI is InChI=1S/C14H20BrNO2S/c15-10-9-14(7-8-14)12-16-19(17,18)11-6-13-4-2-1-3-5-13/h1-5,16H,6-12H2. The predicted molar refractivity (Wildman–Crippen MR) is 82.0 cm³/mol. The number of hydrogen-bond donors (Lipinski definition) is 1. The fraction of sp³-hybridized carbons (Fsp3) is 0.571. The van der Waals surface area contributed by atoms with E-state index in [2.05, 4.69) is 20.7 Å². The Morgan fingerprint density at radius 3 is 2.47 bits per heavy atom. The quantitative estimate of drug-likeness (QED) is 0.736. The van der Waals surface area contributed by atoms with Crippen LogP contribution in [-0.4, -0.2) is 26.0 Å². The van der Waals surface area contributed by atoms with Gasteiger partial charge in [0.1, 0.15) is 0 Å². The molecule has 1 aromatic rings. The van der Waals surface area contributed by atoms with Gasteiger partial charge in [0, 0.05) is 11.9 Å². The summed E-state index contributed by atoms with van der Waals surface area (Å²) in [6.07, 6.45) is 3.90. The van der Waals surface area contributed by atoms with Crippen molar-refractivity contribution in [3.63, 3.8) is 0 Å². The molecule has 1 aliphatic rings. The number of rotatable bonds is 8. The first-order valence-corrected chi connectivity index (χ1v) is 9.40. The van der Waals surface area contributed by atoms with E-state index in [1.165, 1.54) is 0 Å². The van der Waals surface area contributed by atoms with Crippen LogP contribution in [0.1, 0.15) is 24.8 Å². The van der Waals surface area contributed by atoms with Crippen molar-refractivity contribution in [2.24, 2.45) is 5.41 Å². The van der Waals surface area contributed by atoms with Crippen molar-refractivity contribution >= 4 is 26.0 Å². The molecule has 0 bridgehead atoms. The molecule has 19 heavy (non-hydrogen) atoms. The molecule has 0 saturated heterocycles. The first-order chi connectivity index (χ1) is 9.05. The summed E-state index contributed by atoms with van der Waals surface area (Å²) in [6.45, 7) is 0.593. The molecule has 0 radical (unpaired) electrons. The van der Waals surface area contributed by atoms with Crippen LogP contribution in [0.4, 0.5) is 0 Å². The average molecular weight is 346 g/mol. The molecule has 0 heterocycles. The van der Waals surface area contributed by atoms with E-state index in [9.17, 15) is 8.42 Å². The Morgan fingerprint density at radius 2 is 1.89 bits per heavy atom. The molecular weight excluding hydrogens is 326 g/mol. The molecule has 1 fully saturated rings. The third-order valence-electron chi connectivity index (χ3n) is 3.75. The van der Waals surface area contributed by atoms with E-state index in [0.717, 1.165) is 30.2 Å². The van der Waals surface area contributed by atoms with Crippen molar-refractivity contribution in [3.8, 4) is 0 Å². The van der Waals surface area contributed by atoms with E-state index in [-0.39, 0.29) is 11.2 Å². The molecule has 0 aromatic heterocycles. The molecule has 1 aliphatic carbocycles. The van der Waals surface area contributed by atoms with Crippen molar-refractivity contribution in [3.05, 3.63) is 35.9 Å². The lowest BCUT2D eigenvalue weighted by Crippen LogP contribution is -2.32. The molecule has 0 amide bonds. The summed E-state index contributed by atoms with van der Waals surface area (Å²) in [6, 6.07) is 9.73. The summed E-state index contributed by atoms with van der Waals surface area (Å²) in [5, 5.41) is 0.943. The van der Waals surface area contributed by atoms with E-state index < -0.39 is 10.0 Å². The van der Waals surface area contributed by atoms with Gasteiger partial charge >= 0.3 is 0 Å². The van der Waals surface area contributed by atoms with E-state index in [1.807, 2.05) is 30.3 Å². The molecule has 1 N–H and O–H groups in total. The summed E-state index contributed by atoms with van der Waals surface area (Å²) in [4.78, 5) is 0. The lowest BCUT2D eigenvalue weighted by atomic mass is 10.1. The van der Waals surface area contributed by atoms with Gasteiger partial charge in [0.25, 0.3) is 0 Å². The van der Waals surface area contributed by atoms with E-state index in [0.29, 0.717) is 13.0 Å². The molecule has 0 atom stereocenters. The molecule has 2 rings (SSSR count). The number of halogens is 1. The minimum Gasteiger partial charge on any atom is -0.215 e. The van der Waals surface area contributed by atoms with Crippen LogP contribution in [0, 0.1) is 5.41 Å². The highest BCUT2D eigenvalue weighted by Crippen LogP contribution is 2.48. The maximum Gasteiger partial charge on any atom is 0.211 e. The van der Waals surface area contributed by atoms with Crippen LogP contribution >= 0.6 is 15.9 Å². The van der Waals surface area contributed by atoms with Gasteiger partial charge in [0.2, 0.25) is 10.0 Å². The molecule has 1 aromatic carbocycles. The molecule has 3 nitrogen and oxygen atoms in total. The normalized spacial score (nSPS) is 17.3. The van der Waals surface area contributed by atoms with Crippen molar-refractivity contribution in [2.45, 2.75) is 25.7 Å². The maximum absolute atomic E-state index is 12.0. The minimum atomic E-state index is -3.16. The Bertz CT molecular complexity index is 497. The van der Waals surface area contributed by atoms with Gasteiger partial charge in [-0.15, -0.1) is 0 Å². The SMILES string of the molecule is O=S(=O)(CCc1ccccc1)NCC1(CCBr)CC1. The first-order valence-electron chi connectivity index (χ1n) is 6.63. The first kappa shape index (κ1) is 15.0. The van der Waals surface area contributed by atoms with E-state index in [1.54, 1.807) is 0 Å². The topological polar surface area (TPSA) is 46.2 Å². The highest BCUT2D eigenvalue weighted by atomic mass is 79.9. The third kappa shape index (κ3) is 4.89. The third-order valence-corrected chi connectivity index (χ3v) is 5.47. The highest BCUT2D eigenvalue weighted by Gasteiger charge is 2.42. The second-order valence-electron chi connectivity index (χ2n) is 5.31. The fourth-order valence-electron chi connectivity index (χ4n) is 2.12. The Morgan fingerprint density at radius 1 is 1.21 bits per heavy atom. The molecular formula is C14H20BrNO2S. The summed E-state index contributed by atoms with van der Waals surface area (Å²) in [5.74, 6) is 0.168. The Hall–Kier alpha value is -0.390. The molecule has 0 aliphatic heterocycles. The van der Waals surface area contributed by atoms with Gasteiger partial charge in [-0.05, 0) is 36.7 Å². The zero-order chi connectivity index (χ0) is 13.8. The van der Waals surface area contributed by atoms with Gasteiger partial charge in [-0.3, -0.25) is 0 Å². The Balaban J connectivity index is 1.79. The van der Waals surface area contributed by atoms with Gasteiger partial charge < -0.3 is 0 Å². The number of sulfonamides is 1. The largest absolute Gasteiger partial charge is 0.215 e. The van der Waals surface area contributed by atoms with Gasteiger partial charge in [0.15, 0.2) is 0 Å². The van der Waals surface area contributed by atoms with Gasteiger partial charge in [-0.2, -0.15) is 0 Å². The minimum absolute atomic E-state index is 0.168. The maximum atomic E-state index is 12.0. The smallest absolute Gasteiger partial charge is 0.211 e. The molecule has 5 heteroatoms. The Labute approximate surface area is 124 Å². The van der Waals surface area contributed by atoms with Crippen LogP contribution in [0.2, 0.25) is 0 Å². The van der Waals surface area contributed by atoms with Crippen molar-refractivity contribution in [1.82, 2.24) is 4.72 Å². The van der Waals surface area contributed by atoms with Gasteiger partial charge in [0.05, 0.1) is 5.75 Å². The molecule has 0 unspecified atom stereocenters. The monoisotopic (exact) mass is 345 g/mol. The molecule has 106 valence electrons. The van der Waals surface area contributed by atoms with Crippen LogP contribution < -0.4 is 4.72 Å². The number of benzene rings is 1. The zero-order valence-electron chi connectivity index (χ0n) is 10.9. The number of alkyl halides is 1. The lowest BCUT2D eigenvalue weighted by Gasteiger charge is -2.14. The van der Waals surface area contributed by atoms with Crippen LogP contribution in [0.25, 0.3) is 0 Å². The summed E-state index contributed by atoms with van der Waals surface area (Å²) < 4.78 is 26.7. The lowest BCUT2D eigenvalue weighted by molar-refractivity contribution is 0.480. The highest BCUT2D eigenvalue weighted by molar-refractivity contribution is 9.09. The van der Waals surface area contributed by atoms with Gasteiger partial charge in [-0.1, -0.05) is 46.3 Å². The Kier molecular flexibility index (Phi) is 5.03. The van der Waals surface area contributed by atoms with Gasteiger partial charge in [-0.25, -0.2) is 13.1 Å². The number of nitrogens with one attached hydrogen (secondary N) is 1. The van der Waals surface area contributed by atoms with Crippen LogP contribution in [0.15, 0.2) is 30.3 Å². The zero-order valence-corrected chi connectivity index (χ0v) is 13.3. The molecule has 1 saturated carbocycles. The van der Waals surface area contributed by atoms with E-state index >= 15 is 0 Å². The molecule has 0 spiro atoms. The van der Waals surface area contributed by atoms with Crippen LogP contribution in [-0.2, 0) is 16.4 Å². The summed E-state index contributed by atoms with van der Waals surface area (Å²) in [5.41, 5.74) is 1.29. The van der Waals surface area contributed by atoms with Crippen molar-refractivity contribution < 1.29 is 8.42 Å². The van der Waals surface area contributed by atoms with Crippen LogP contribution in [0.3, 0.4) is 0 Å². The number of hydrogen-bond acceptors (Lipinski definition) is 2. The number of aryl methyl sites for hydroxylation is 1. The predicted octanol–water partition coefficient (Wildman–Crippen LogP) is 2.71. The second kappa shape index (κ2) is 6.37. The summed E-state index contributed by atoms with van der Waals surface area (Å²) in [7, 11) is -3.16. The van der Waals surface area contributed by atoms with Crippen LogP contribution in [0.5, 0.6) is 0 Å².